The lowest BCUT2D eigenvalue weighted by Crippen LogP contribution is -2.28. The van der Waals surface area contributed by atoms with E-state index in [1.54, 1.807) is 48.4 Å². The average molecular weight is 525 g/mol. The number of aromatic hydroxyl groups is 1. The van der Waals surface area contributed by atoms with Crippen molar-refractivity contribution >= 4 is 68.8 Å². The van der Waals surface area contributed by atoms with Crippen LogP contribution in [0.4, 0.5) is 17.1 Å². The number of anilines is 1. The minimum atomic E-state index is -0.462. The number of phenols is 1. The van der Waals surface area contributed by atoms with Crippen LogP contribution < -0.4 is 9.64 Å². The zero-order chi connectivity index (χ0) is 24.5. The zero-order valence-electron chi connectivity index (χ0n) is 18.4. The second kappa shape index (κ2) is 9.73. The van der Waals surface area contributed by atoms with Gasteiger partial charge in [-0.25, -0.2) is 4.98 Å². The fourth-order valence-electron chi connectivity index (χ4n) is 3.79. The number of ether oxygens (including phenoxy) is 1. The molecule has 2 heterocycles. The summed E-state index contributed by atoms with van der Waals surface area (Å²) in [4.78, 5) is 19.2. The number of thioether (sulfide) groups is 1. The van der Waals surface area contributed by atoms with E-state index >= 15 is 0 Å². The van der Waals surface area contributed by atoms with E-state index in [2.05, 4.69) is 15.2 Å². The molecule has 1 N–H and O–H groups in total. The van der Waals surface area contributed by atoms with Gasteiger partial charge in [0, 0.05) is 28.1 Å². The largest absolute Gasteiger partial charge is 0.508 e. The normalized spacial score (nSPS) is 15.9. The fourth-order valence-corrected chi connectivity index (χ4v) is 5.47. The van der Waals surface area contributed by atoms with Gasteiger partial charge in [0.1, 0.15) is 27.7 Å². The van der Waals surface area contributed by atoms with Gasteiger partial charge in [-0.3, -0.25) is 9.69 Å². The molecule has 10 heteroatoms. The average Bonchev–Trinajstić information content (AvgIpc) is 3.23. The van der Waals surface area contributed by atoms with Crippen molar-refractivity contribution in [2.75, 3.05) is 17.8 Å². The molecule has 1 aromatic heterocycles. The van der Waals surface area contributed by atoms with Gasteiger partial charge >= 0.3 is 0 Å². The molecule has 176 valence electrons. The number of hydrogen-bond acceptors (Lipinski definition) is 7. The number of phenolic OH excluding ortho intramolecular Hbond substituents is 1. The van der Waals surface area contributed by atoms with Gasteiger partial charge in [0.25, 0.3) is 0 Å². The minimum absolute atomic E-state index is 0.0000148. The summed E-state index contributed by atoms with van der Waals surface area (Å²) in [5.41, 5.74) is 2.76. The molecule has 5 rings (SSSR count). The second-order valence-corrected chi connectivity index (χ2v) is 9.57. The van der Waals surface area contributed by atoms with E-state index in [0.717, 1.165) is 5.39 Å². The molecule has 4 aromatic rings. The molecule has 1 unspecified atom stereocenters. The fraction of sp³-hybridized carbons (Fsp3) is 0.120. The predicted octanol–water partition coefficient (Wildman–Crippen LogP) is 7.45. The highest BCUT2D eigenvalue weighted by Crippen LogP contribution is 2.48. The van der Waals surface area contributed by atoms with E-state index in [-0.39, 0.29) is 22.6 Å². The van der Waals surface area contributed by atoms with E-state index in [0.29, 0.717) is 38.9 Å². The molecule has 1 saturated heterocycles. The first-order chi connectivity index (χ1) is 16.9. The molecule has 0 saturated carbocycles. The standard InChI is InChI=1S/C25H18Cl2N4O3S/c1-34-18-7-5-14-9-19(24(27)28-21(14)12-18)25-31(23(33)13-35-25)22-11-17(32)6-8-20(22)30-29-16-4-2-3-15(26)10-16/h2-12,25,32H,13H2,1H3. The number of methoxy groups -OCH3 is 1. The van der Waals surface area contributed by atoms with Crippen LogP contribution in [0.1, 0.15) is 10.9 Å². The third kappa shape index (κ3) is 4.77. The van der Waals surface area contributed by atoms with Gasteiger partial charge < -0.3 is 9.84 Å². The Hall–Kier alpha value is -3.33. The maximum Gasteiger partial charge on any atom is 0.238 e. The number of hydrogen-bond donors (Lipinski definition) is 1. The Bertz CT molecular complexity index is 1480. The Balaban J connectivity index is 1.57. The van der Waals surface area contributed by atoms with Crippen molar-refractivity contribution in [2.45, 2.75) is 5.37 Å². The number of halogens is 2. The molecule has 1 amide bonds. The predicted molar refractivity (Wildman–Crippen MR) is 140 cm³/mol. The van der Waals surface area contributed by atoms with Crippen molar-refractivity contribution in [3.8, 4) is 11.5 Å². The molecule has 3 aromatic carbocycles. The molecule has 0 radical (unpaired) electrons. The highest BCUT2D eigenvalue weighted by molar-refractivity contribution is 8.00. The molecule has 35 heavy (non-hydrogen) atoms. The number of azo groups is 1. The highest BCUT2D eigenvalue weighted by Gasteiger charge is 2.37. The highest BCUT2D eigenvalue weighted by atomic mass is 35.5. The van der Waals surface area contributed by atoms with Crippen LogP contribution in [0.5, 0.6) is 11.5 Å². The van der Waals surface area contributed by atoms with Crippen LogP contribution in [0.15, 0.2) is 77.0 Å². The Morgan fingerprint density at radius 2 is 1.94 bits per heavy atom. The molecule has 1 atom stereocenters. The van der Waals surface area contributed by atoms with Gasteiger partial charge in [-0.15, -0.1) is 16.9 Å². The van der Waals surface area contributed by atoms with Crippen LogP contribution in [0, 0.1) is 0 Å². The van der Waals surface area contributed by atoms with Crippen molar-refractivity contribution in [3.63, 3.8) is 0 Å². The SMILES string of the molecule is COc1ccc2cc(C3SCC(=O)N3c3cc(O)ccc3N=Nc3cccc(Cl)c3)c(Cl)nc2c1. The molecule has 1 aliphatic heterocycles. The van der Waals surface area contributed by atoms with E-state index in [9.17, 15) is 9.90 Å². The summed E-state index contributed by atoms with van der Waals surface area (Å²) < 4.78 is 5.28. The number of aromatic nitrogens is 1. The number of nitrogens with zero attached hydrogens (tertiary/aromatic N) is 4. The Morgan fingerprint density at radius 3 is 2.74 bits per heavy atom. The zero-order valence-corrected chi connectivity index (χ0v) is 20.7. The number of benzene rings is 3. The number of carbonyl (C=O) groups excluding carboxylic acids is 1. The number of pyridine rings is 1. The van der Waals surface area contributed by atoms with Gasteiger partial charge in [0.15, 0.2) is 0 Å². The quantitative estimate of drug-likeness (QED) is 0.216. The van der Waals surface area contributed by atoms with Crippen LogP contribution in [0.3, 0.4) is 0 Å². The summed E-state index contributed by atoms with van der Waals surface area (Å²) in [6.07, 6.45) is 0. The van der Waals surface area contributed by atoms with Gasteiger partial charge in [-0.05, 0) is 48.5 Å². The summed E-state index contributed by atoms with van der Waals surface area (Å²) in [6.45, 7) is 0. The third-order valence-corrected chi connectivity index (χ3v) is 7.17. The molecule has 1 fully saturated rings. The second-order valence-electron chi connectivity index (χ2n) is 7.71. The van der Waals surface area contributed by atoms with Crippen LogP contribution in [-0.4, -0.2) is 28.9 Å². The van der Waals surface area contributed by atoms with E-state index in [1.165, 1.54) is 23.9 Å². The van der Waals surface area contributed by atoms with Crippen molar-refractivity contribution < 1.29 is 14.6 Å². The molecular formula is C25H18Cl2N4O3S. The number of rotatable bonds is 5. The summed E-state index contributed by atoms with van der Waals surface area (Å²) in [5.74, 6) is 0.772. The number of fused-ring (bicyclic) bond motifs is 1. The summed E-state index contributed by atoms with van der Waals surface area (Å²) in [6, 6.07) is 19.0. The Labute approximate surface area is 215 Å². The van der Waals surface area contributed by atoms with Gasteiger partial charge in [-0.2, -0.15) is 5.11 Å². The van der Waals surface area contributed by atoms with Crippen molar-refractivity contribution in [1.82, 2.24) is 4.98 Å². The molecule has 0 spiro atoms. The van der Waals surface area contributed by atoms with E-state index in [4.69, 9.17) is 27.9 Å². The smallest absolute Gasteiger partial charge is 0.238 e. The van der Waals surface area contributed by atoms with E-state index in [1.807, 2.05) is 18.2 Å². The van der Waals surface area contributed by atoms with Crippen LogP contribution >= 0.6 is 35.0 Å². The van der Waals surface area contributed by atoms with E-state index < -0.39 is 5.37 Å². The maximum absolute atomic E-state index is 13.1. The molecule has 0 aliphatic carbocycles. The Morgan fingerprint density at radius 1 is 1.09 bits per heavy atom. The topological polar surface area (TPSA) is 87.4 Å². The summed E-state index contributed by atoms with van der Waals surface area (Å²) >= 11 is 14.1. The van der Waals surface area contributed by atoms with Crippen LogP contribution in [0.25, 0.3) is 10.9 Å². The van der Waals surface area contributed by atoms with Crippen molar-refractivity contribution in [1.29, 1.82) is 0 Å². The molecule has 1 aliphatic rings. The number of carbonyl (C=O) groups is 1. The summed E-state index contributed by atoms with van der Waals surface area (Å²) in [5, 5.41) is 20.1. The Kier molecular flexibility index (Phi) is 6.51. The minimum Gasteiger partial charge on any atom is -0.508 e. The lowest BCUT2D eigenvalue weighted by molar-refractivity contribution is -0.115. The van der Waals surface area contributed by atoms with Gasteiger partial charge in [-0.1, -0.05) is 29.3 Å². The van der Waals surface area contributed by atoms with Crippen molar-refractivity contribution in [2.24, 2.45) is 10.2 Å². The molecular weight excluding hydrogens is 507 g/mol. The lowest BCUT2D eigenvalue weighted by Gasteiger charge is -2.26. The first kappa shape index (κ1) is 23.4. The number of amides is 1. The maximum atomic E-state index is 13.1. The summed E-state index contributed by atoms with van der Waals surface area (Å²) in [7, 11) is 1.59. The lowest BCUT2D eigenvalue weighted by atomic mass is 10.1. The molecule has 0 bridgehead atoms. The van der Waals surface area contributed by atoms with Crippen molar-refractivity contribution in [3.05, 3.63) is 82.5 Å². The first-order valence-electron chi connectivity index (χ1n) is 10.5. The monoisotopic (exact) mass is 524 g/mol. The first-order valence-corrected chi connectivity index (χ1v) is 12.3. The third-order valence-electron chi connectivity index (χ3n) is 5.44. The van der Waals surface area contributed by atoms with Crippen LogP contribution in [-0.2, 0) is 4.79 Å². The van der Waals surface area contributed by atoms with Gasteiger partial charge in [0.05, 0.1) is 29.8 Å². The van der Waals surface area contributed by atoms with Gasteiger partial charge in [0.2, 0.25) is 5.91 Å². The van der Waals surface area contributed by atoms with Crippen LogP contribution in [0.2, 0.25) is 10.2 Å². The molecule has 7 nitrogen and oxygen atoms in total.